The third-order valence-corrected chi connectivity index (χ3v) is 4.80. The number of hydrogen-bond donors (Lipinski definition) is 3. The van der Waals surface area contributed by atoms with Gasteiger partial charge in [-0.2, -0.15) is 0 Å². The Balaban J connectivity index is 0.00000392. The van der Waals surface area contributed by atoms with Crippen LogP contribution in [0.3, 0.4) is 0 Å². The van der Waals surface area contributed by atoms with Gasteiger partial charge in [-0.15, -0.1) is 35.3 Å². The van der Waals surface area contributed by atoms with Gasteiger partial charge >= 0.3 is 0 Å². The number of carbonyl (C=O) groups is 1. The molecule has 0 fully saturated rings. The number of halogens is 2. The maximum absolute atomic E-state index is 13.5. The summed E-state index contributed by atoms with van der Waals surface area (Å²) < 4.78 is 13.5. The topological polar surface area (TPSA) is 78.4 Å². The Morgan fingerprint density at radius 1 is 1.25 bits per heavy atom. The first-order valence-corrected chi connectivity index (χ1v) is 9.71. The molecule has 9 heteroatoms. The lowest BCUT2D eigenvalue weighted by atomic mass is 10.1. The van der Waals surface area contributed by atoms with Crippen molar-refractivity contribution >= 4 is 47.2 Å². The van der Waals surface area contributed by atoms with Gasteiger partial charge in [-0.05, 0) is 30.5 Å². The van der Waals surface area contributed by atoms with Gasteiger partial charge in [-0.25, -0.2) is 9.37 Å². The van der Waals surface area contributed by atoms with Crippen molar-refractivity contribution in [2.45, 2.75) is 33.2 Å². The standard InChI is InChI=1S/C19H26FN5OS.HI/c1-12(2)16-11-27-17(25-16)10-24-19(21-4)23-8-7-22-18(26)14-6-5-13(3)15(20)9-14;/h5-6,9,11-12H,7-8,10H2,1-4H3,(H,22,26)(H2,21,23,24);1H. The summed E-state index contributed by atoms with van der Waals surface area (Å²) in [6.45, 7) is 7.37. The van der Waals surface area contributed by atoms with Crippen molar-refractivity contribution in [3.8, 4) is 0 Å². The van der Waals surface area contributed by atoms with Gasteiger partial charge in [0, 0.05) is 31.1 Å². The highest BCUT2D eigenvalue weighted by Gasteiger charge is 2.08. The largest absolute Gasteiger partial charge is 0.355 e. The number of carbonyl (C=O) groups excluding carboxylic acids is 1. The Kier molecular flexibility index (Phi) is 10.4. The molecule has 0 unspecified atom stereocenters. The van der Waals surface area contributed by atoms with Crippen LogP contribution in [0.5, 0.6) is 0 Å². The molecule has 28 heavy (non-hydrogen) atoms. The van der Waals surface area contributed by atoms with E-state index < -0.39 is 0 Å². The summed E-state index contributed by atoms with van der Waals surface area (Å²) in [5, 5.41) is 12.1. The SMILES string of the molecule is CN=C(NCCNC(=O)c1ccc(C)c(F)c1)NCc1nc(C(C)C)cs1.I. The third kappa shape index (κ3) is 7.34. The molecule has 0 aliphatic carbocycles. The maximum atomic E-state index is 13.5. The molecule has 1 aromatic carbocycles. The smallest absolute Gasteiger partial charge is 0.251 e. The van der Waals surface area contributed by atoms with E-state index in [0.29, 0.717) is 42.6 Å². The molecule has 0 aliphatic rings. The third-order valence-electron chi connectivity index (χ3n) is 3.93. The number of aryl methyl sites for hydroxylation is 1. The molecule has 154 valence electrons. The van der Waals surface area contributed by atoms with Crippen LogP contribution in [0.4, 0.5) is 4.39 Å². The van der Waals surface area contributed by atoms with E-state index in [1.807, 2.05) is 0 Å². The zero-order valence-corrected chi connectivity index (χ0v) is 19.7. The van der Waals surface area contributed by atoms with E-state index in [2.05, 4.69) is 45.2 Å². The molecule has 1 aromatic heterocycles. The highest BCUT2D eigenvalue weighted by atomic mass is 127. The first kappa shape index (κ1) is 24.3. The van der Waals surface area contributed by atoms with E-state index >= 15 is 0 Å². The number of nitrogens with zero attached hydrogens (tertiary/aromatic N) is 2. The Hall–Kier alpha value is -1.75. The molecule has 1 heterocycles. The van der Waals surface area contributed by atoms with Crippen LogP contribution in [0.1, 0.15) is 46.4 Å². The number of guanidine groups is 1. The molecule has 0 bridgehead atoms. The van der Waals surface area contributed by atoms with Crippen LogP contribution in [0.25, 0.3) is 0 Å². The van der Waals surface area contributed by atoms with Gasteiger partial charge in [0.05, 0.1) is 12.2 Å². The molecule has 0 atom stereocenters. The summed E-state index contributed by atoms with van der Waals surface area (Å²) in [4.78, 5) is 20.8. The van der Waals surface area contributed by atoms with Crippen molar-refractivity contribution in [3.05, 3.63) is 51.2 Å². The number of rotatable bonds is 7. The minimum Gasteiger partial charge on any atom is -0.355 e. The van der Waals surface area contributed by atoms with E-state index in [1.165, 1.54) is 6.07 Å². The summed E-state index contributed by atoms with van der Waals surface area (Å²) in [6, 6.07) is 4.46. The average molecular weight is 519 g/mol. The molecule has 2 aromatic rings. The molecular formula is C19H27FIN5OS. The van der Waals surface area contributed by atoms with Crippen LogP contribution in [0, 0.1) is 12.7 Å². The number of thiazole rings is 1. The maximum Gasteiger partial charge on any atom is 0.251 e. The number of aromatic nitrogens is 1. The molecule has 0 radical (unpaired) electrons. The zero-order valence-electron chi connectivity index (χ0n) is 16.5. The lowest BCUT2D eigenvalue weighted by Crippen LogP contribution is -2.41. The van der Waals surface area contributed by atoms with Gasteiger partial charge in [0.1, 0.15) is 10.8 Å². The van der Waals surface area contributed by atoms with Gasteiger partial charge < -0.3 is 16.0 Å². The Morgan fingerprint density at radius 3 is 2.57 bits per heavy atom. The molecule has 0 spiro atoms. The predicted octanol–water partition coefficient (Wildman–Crippen LogP) is 3.43. The normalized spacial score (nSPS) is 11.1. The minimum atomic E-state index is -0.381. The number of hydrogen-bond acceptors (Lipinski definition) is 4. The Bertz CT molecular complexity index is 809. The molecular weight excluding hydrogens is 492 g/mol. The second kappa shape index (κ2) is 11.9. The quantitative estimate of drug-likeness (QED) is 0.227. The van der Waals surface area contributed by atoms with Gasteiger partial charge in [0.2, 0.25) is 0 Å². The number of aliphatic imine (C=N–C) groups is 1. The van der Waals surface area contributed by atoms with E-state index in [-0.39, 0.29) is 35.7 Å². The van der Waals surface area contributed by atoms with E-state index in [9.17, 15) is 9.18 Å². The molecule has 0 saturated heterocycles. The lowest BCUT2D eigenvalue weighted by Gasteiger charge is -2.11. The fourth-order valence-electron chi connectivity index (χ4n) is 2.24. The molecule has 6 nitrogen and oxygen atoms in total. The predicted molar refractivity (Wildman–Crippen MR) is 123 cm³/mol. The van der Waals surface area contributed by atoms with E-state index in [0.717, 1.165) is 10.7 Å². The molecule has 2 rings (SSSR count). The summed E-state index contributed by atoms with van der Waals surface area (Å²) in [6.07, 6.45) is 0. The Morgan fingerprint density at radius 2 is 1.96 bits per heavy atom. The van der Waals surface area contributed by atoms with Crippen LogP contribution in [-0.2, 0) is 6.54 Å². The molecule has 0 aliphatic heterocycles. The molecule has 3 N–H and O–H groups in total. The summed E-state index contributed by atoms with van der Waals surface area (Å²) in [5.74, 6) is 0.362. The van der Waals surface area contributed by atoms with E-state index in [1.54, 1.807) is 37.4 Å². The van der Waals surface area contributed by atoms with Crippen LogP contribution in [0.15, 0.2) is 28.6 Å². The van der Waals surface area contributed by atoms with Crippen molar-refractivity contribution in [2.75, 3.05) is 20.1 Å². The van der Waals surface area contributed by atoms with E-state index in [4.69, 9.17) is 0 Å². The minimum absolute atomic E-state index is 0. The average Bonchev–Trinajstić information content (AvgIpc) is 3.12. The first-order valence-electron chi connectivity index (χ1n) is 8.84. The van der Waals surface area contributed by atoms with Crippen LogP contribution >= 0.6 is 35.3 Å². The van der Waals surface area contributed by atoms with Crippen molar-refractivity contribution in [3.63, 3.8) is 0 Å². The monoisotopic (exact) mass is 519 g/mol. The number of nitrogens with one attached hydrogen (secondary N) is 3. The second-order valence-corrected chi connectivity index (χ2v) is 7.34. The lowest BCUT2D eigenvalue weighted by molar-refractivity contribution is 0.0954. The highest BCUT2D eigenvalue weighted by molar-refractivity contribution is 14.0. The fraction of sp³-hybridized carbons (Fsp3) is 0.421. The summed E-state index contributed by atoms with van der Waals surface area (Å²) in [7, 11) is 1.68. The van der Waals surface area contributed by atoms with Crippen LogP contribution < -0.4 is 16.0 Å². The first-order chi connectivity index (χ1) is 12.9. The van der Waals surface area contributed by atoms with Crippen molar-refractivity contribution in [1.82, 2.24) is 20.9 Å². The highest BCUT2D eigenvalue weighted by Crippen LogP contribution is 2.17. The van der Waals surface area contributed by atoms with Crippen LogP contribution in [-0.4, -0.2) is 37.0 Å². The van der Waals surface area contributed by atoms with Gasteiger partial charge in [-0.3, -0.25) is 9.79 Å². The van der Waals surface area contributed by atoms with Gasteiger partial charge in [-0.1, -0.05) is 19.9 Å². The number of amides is 1. The van der Waals surface area contributed by atoms with Crippen LogP contribution in [0.2, 0.25) is 0 Å². The van der Waals surface area contributed by atoms with Gasteiger partial charge in [0.25, 0.3) is 5.91 Å². The molecule has 0 saturated carbocycles. The fourth-order valence-corrected chi connectivity index (χ4v) is 3.14. The van der Waals surface area contributed by atoms with Crippen molar-refractivity contribution in [2.24, 2.45) is 4.99 Å². The molecule has 1 amide bonds. The summed E-state index contributed by atoms with van der Waals surface area (Å²) in [5.41, 5.74) is 1.92. The van der Waals surface area contributed by atoms with Crippen molar-refractivity contribution in [1.29, 1.82) is 0 Å². The summed E-state index contributed by atoms with van der Waals surface area (Å²) >= 11 is 1.62. The zero-order chi connectivity index (χ0) is 19.8. The Labute approximate surface area is 186 Å². The second-order valence-electron chi connectivity index (χ2n) is 6.39. The van der Waals surface area contributed by atoms with Gasteiger partial charge in [0.15, 0.2) is 5.96 Å². The van der Waals surface area contributed by atoms with Crippen molar-refractivity contribution < 1.29 is 9.18 Å². The number of benzene rings is 1.